The standard InChI is InChI=1S/C4H8N2S.C4H4N2/c1-6(2)3-5-4-7;1-2-4-6-5-3-1/h3-4H,1-2H3;1-4H. The monoisotopic (exact) mass is 196 g/mol. The van der Waals surface area contributed by atoms with Gasteiger partial charge >= 0.3 is 0 Å². The van der Waals surface area contributed by atoms with Crippen LogP contribution in [0.2, 0.25) is 0 Å². The fourth-order valence-corrected chi connectivity index (χ4v) is 0.468. The fraction of sp³-hybridized carbons (Fsp3) is 0.250. The Kier molecular flexibility index (Phi) is 7.82. The van der Waals surface area contributed by atoms with E-state index in [9.17, 15) is 0 Å². The van der Waals surface area contributed by atoms with Crippen LogP contribution in [0.15, 0.2) is 29.5 Å². The second-order valence-corrected chi connectivity index (χ2v) is 2.46. The molecule has 0 aliphatic heterocycles. The third kappa shape index (κ3) is 10.6. The molecule has 1 aromatic rings. The first-order valence-electron chi connectivity index (χ1n) is 3.62. The van der Waals surface area contributed by atoms with Crippen LogP contribution in [-0.2, 0) is 0 Å². The number of hydrogen-bond acceptors (Lipinski definition) is 3. The Labute approximate surface area is 83.3 Å². The Balaban J connectivity index is 0.000000223. The third-order valence-corrected chi connectivity index (χ3v) is 0.963. The summed E-state index contributed by atoms with van der Waals surface area (Å²) >= 11 is 4.42. The topological polar surface area (TPSA) is 41.4 Å². The van der Waals surface area contributed by atoms with Crippen molar-refractivity contribution in [3.8, 4) is 0 Å². The lowest BCUT2D eigenvalue weighted by Gasteiger charge is -1.98. The fourth-order valence-electron chi connectivity index (χ4n) is 0.414. The maximum absolute atomic E-state index is 4.42. The van der Waals surface area contributed by atoms with Crippen molar-refractivity contribution in [2.75, 3.05) is 14.1 Å². The first kappa shape index (κ1) is 11.6. The number of nitrogens with zero attached hydrogens (tertiary/aromatic N) is 4. The van der Waals surface area contributed by atoms with Crippen LogP contribution in [0.25, 0.3) is 0 Å². The molecule has 70 valence electrons. The Hall–Kier alpha value is -1.36. The number of rotatable bonds is 2. The van der Waals surface area contributed by atoms with E-state index in [-0.39, 0.29) is 0 Å². The lowest BCUT2D eigenvalue weighted by molar-refractivity contribution is 0.644. The Bertz CT molecular complexity index is 208. The highest BCUT2D eigenvalue weighted by atomic mass is 32.1. The van der Waals surface area contributed by atoms with Gasteiger partial charge in [0.15, 0.2) is 0 Å². The van der Waals surface area contributed by atoms with Crippen molar-refractivity contribution in [1.29, 1.82) is 0 Å². The van der Waals surface area contributed by atoms with Crippen LogP contribution < -0.4 is 0 Å². The lowest BCUT2D eigenvalue weighted by Crippen LogP contribution is -2.07. The first-order valence-corrected chi connectivity index (χ1v) is 4.09. The maximum Gasteiger partial charge on any atom is 0.0915 e. The van der Waals surface area contributed by atoms with E-state index in [0.29, 0.717) is 0 Å². The van der Waals surface area contributed by atoms with Crippen LogP contribution in [0.1, 0.15) is 0 Å². The van der Waals surface area contributed by atoms with Crippen molar-refractivity contribution in [1.82, 2.24) is 15.1 Å². The summed E-state index contributed by atoms with van der Waals surface area (Å²) in [6, 6.07) is 3.65. The molecule has 0 spiro atoms. The predicted octanol–water partition coefficient (Wildman–Crippen LogP) is 1.01. The van der Waals surface area contributed by atoms with E-state index in [2.05, 4.69) is 27.4 Å². The zero-order valence-corrected chi connectivity index (χ0v) is 8.48. The molecule has 0 unspecified atom stereocenters. The molecule has 1 aromatic heterocycles. The molecule has 0 saturated carbocycles. The highest BCUT2D eigenvalue weighted by Crippen LogP contribution is 1.68. The summed E-state index contributed by atoms with van der Waals surface area (Å²) in [5.41, 5.74) is 1.33. The molecular formula is C8H12N4S. The minimum Gasteiger partial charge on any atom is -0.369 e. The van der Waals surface area contributed by atoms with Crippen molar-refractivity contribution in [2.24, 2.45) is 4.99 Å². The molecule has 0 saturated heterocycles. The summed E-state index contributed by atoms with van der Waals surface area (Å²) < 4.78 is 0. The second-order valence-electron chi connectivity index (χ2n) is 2.25. The van der Waals surface area contributed by atoms with E-state index < -0.39 is 0 Å². The van der Waals surface area contributed by atoms with Crippen LogP contribution in [0.3, 0.4) is 0 Å². The van der Waals surface area contributed by atoms with E-state index in [1.165, 1.54) is 5.49 Å². The molecule has 1 heterocycles. The molecular weight excluding hydrogens is 184 g/mol. The summed E-state index contributed by atoms with van der Waals surface area (Å²) in [4.78, 5) is 5.48. The summed E-state index contributed by atoms with van der Waals surface area (Å²) in [7, 11) is 3.78. The molecule has 0 aliphatic carbocycles. The molecule has 0 aromatic carbocycles. The average molecular weight is 196 g/mol. The molecule has 0 amide bonds. The normalized spacial score (nSPS) is 8.77. The van der Waals surface area contributed by atoms with Gasteiger partial charge in [-0.1, -0.05) is 12.2 Å². The number of hydrogen-bond donors (Lipinski definition) is 0. The lowest BCUT2D eigenvalue weighted by atomic mass is 10.6. The van der Waals surface area contributed by atoms with Gasteiger partial charge in [0, 0.05) is 26.5 Å². The molecule has 0 radical (unpaired) electrons. The van der Waals surface area contributed by atoms with Gasteiger partial charge in [-0.15, -0.1) is 0 Å². The van der Waals surface area contributed by atoms with Crippen molar-refractivity contribution in [3.05, 3.63) is 24.5 Å². The molecule has 0 atom stereocenters. The van der Waals surface area contributed by atoms with Crippen molar-refractivity contribution in [2.45, 2.75) is 0 Å². The Morgan fingerprint density at radius 1 is 1.23 bits per heavy atom. The van der Waals surface area contributed by atoms with Crippen LogP contribution in [0.4, 0.5) is 0 Å². The zero-order chi connectivity index (χ0) is 9.94. The van der Waals surface area contributed by atoms with Crippen LogP contribution >= 0.6 is 12.2 Å². The SMILES string of the molecule is CN(C)C=NC=S.c1ccnnc1. The Morgan fingerprint density at radius 3 is 1.92 bits per heavy atom. The van der Waals surface area contributed by atoms with E-state index in [0.717, 1.165) is 0 Å². The molecule has 1 rings (SSSR count). The van der Waals surface area contributed by atoms with Gasteiger partial charge in [-0.3, -0.25) is 0 Å². The maximum atomic E-state index is 4.42. The summed E-state index contributed by atoms with van der Waals surface area (Å²) in [6.45, 7) is 0. The molecule has 0 fully saturated rings. The highest BCUT2D eigenvalue weighted by molar-refractivity contribution is 7.78. The van der Waals surface area contributed by atoms with Crippen molar-refractivity contribution < 1.29 is 0 Å². The minimum atomic E-state index is 1.33. The smallest absolute Gasteiger partial charge is 0.0915 e. The highest BCUT2D eigenvalue weighted by Gasteiger charge is 1.69. The van der Waals surface area contributed by atoms with Gasteiger partial charge in [0.1, 0.15) is 0 Å². The Morgan fingerprint density at radius 2 is 1.77 bits per heavy atom. The largest absolute Gasteiger partial charge is 0.369 e. The number of thiocarbonyl (C=S) groups is 1. The van der Waals surface area contributed by atoms with Gasteiger partial charge in [0.25, 0.3) is 0 Å². The molecule has 0 bridgehead atoms. The summed E-state index contributed by atoms with van der Waals surface area (Å²) in [5, 5.41) is 7.07. The summed E-state index contributed by atoms with van der Waals surface area (Å²) in [6.07, 6.45) is 4.92. The predicted molar refractivity (Wildman–Crippen MR) is 57.9 cm³/mol. The molecule has 5 heteroatoms. The summed E-state index contributed by atoms with van der Waals surface area (Å²) in [5.74, 6) is 0. The van der Waals surface area contributed by atoms with E-state index in [1.807, 2.05) is 31.1 Å². The number of aromatic nitrogens is 2. The van der Waals surface area contributed by atoms with Crippen LogP contribution in [0, 0.1) is 0 Å². The number of aliphatic imine (C=N–C) groups is 1. The first-order chi connectivity index (χ1) is 6.27. The van der Waals surface area contributed by atoms with Gasteiger partial charge in [-0.05, 0) is 12.1 Å². The average Bonchev–Trinajstić information content (AvgIpc) is 2.18. The van der Waals surface area contributed by atoms with E-state index in [1.54, 1.807) is 18.7 Å². The third-order valence-electron chi connectivity index (χ3n) is 0.842. The quantitative estimate of drug-likeness (QED) is 0.402. The second kappa shape index (κ2) is 8.73. The van der Waals surface area contributed by atoms with Crippen LogP contribution in [0.5, 0.6) is 0 Å². The van der Waals surface area contributed by atoms with Gasteiger partial charge in [-0.25, -0.2) is 4.99 Å². The van der Waals surface area contributed by atoms with Crippen molar-refractivity contribution in [3.63, 3.8) is 0 Å². The van der Waals surface area contributed by atoms with Gasteiger partial charge in [0.2, 0.25) is 0 Å². The molecule has 0 aliphatic rings. The van der Waals surface area contributed by atoms with Crippen LogP contribution in [-0.4, -0.2) is 41.0 Å². The minimum absolute atomic E-state index is 1.33. The molecule has 13 heavy (non-hydrogen) atoms. The van der Waals surface area contributed by atoms with Crippen molar-refractivity contribution >= 4 is 24.0 Å². The van der Waals surface area contributed by atoms with Gasteiger partial charge in [0.05, 0.1) is 11.8 Å². The zero-order valence-electron chi connectivity index (χ0n) is 7.66. The molecule has 0 N–H and O–H groups in total. The van der Waals surface area contributed by atoms with Gasteiger partial charge in [-0.2, -0.15) is 10.2 Å². The van der Waals surface area contributed by atoms with Gasteiger partial charge < -0.3 is 4.90 Å². The molecule has 4 nitrogen and oxygen atoms in total. The van der Waals surface area contributed by atoms with E-state index >= 15 is 0 Å². The van der Waals surface area contributed by atoms with E-state index in [4.69, 9.17) is 0 Å².